The van der Waals surface area contributed by atoms with E-state index >= 15 is 0 Å². The molecule has 0 aliphatic rings. The minimum absolute atomic E-state index is 0.0828. The van der Waals surface area contributed by atoms with Crippen molar-refractivity contribution in [1.29, 1.82) is 0 Å². The lowest BCUT2D eigenvalue weighted by Crippen LogP contribution is -2.12. The number of hydrogen-bond donors (Lipinski definition) is 1. The van der Waals surface area contributed by atoms with Gasteiger partial charge in [0.25, 0.3) is 10.0 Å². The molecular weight excluding hydrogens is 300 g/mol. The number of nitrogens with zero attached hydrogens (tertiary/aromatic N) is 1. The van der Waals surface area contributed by atoms with E-state index < -0.39 is 10.0 Å². The summed E-state index contributed by atoms with van der Waals surface area (Å²) in [6.45, 7) is 1.90. The second-order valence-electron chi connectivity index (χ2n) is 4.86. The summed E-state index contributed by atoms with van der Waals surface area (Å²) in [5.41, 5.74) is 2.42. The average molecular weight is 314 g/mol. The molecule has 22 heavy (non-hydrogen) atoms. The number of rotatable bonds is 4. The van der Waals surface area contributed by atoms with Gasteiger partial charge in [-0.3, -0.25) is 0 Å². The Labute approximate surface area is 128 Å². The Morgan fingerprint density at radius 1 is 1.00 bits per heavy atom. The number of aromatic nitrogens is 1. The summed E-state index contributed by atoms with van der Waals surface area (Å²) in [6, 6.07) is 17.5. The van der Waals surface area contributed by atoms with Crippen molar-refractivity contribution in [2.45, 2.75) is 11.8 Å². The van der Waals surface area contributed by atoms with Gasteiger partial charge in [-0.25, -0.2) is 13.1 Å². The third-order valence-electron chi connectivity index (χ3n) is 3.15. The Morgan fingerprint density at radius 2 is 1.68 bits per heavy atom. The molecule has 0 bridgehead atoms. The molecule has 1 heterocycles. The van der Waals surface area contributed by atoms with Crippen LogP contribution in [-0.2, 0) is 10.0 Å². The topological polar surface area (TPSA) is 72.2 Å². The summed E-state index contributed by atoms with van der Waals surface area (Å²) in [5, 5.41) is 3.88. The highest BCUT2D eigenvalue weighted by Crippen LogP contribution is 2.23. The van der Waals surface area contributed by atoms with Crippen LogP contribution in [0.3, 0.4) is 0 Å². The molecule has 0 unspecified atom stereocenters. The second kappa shape index (κ2) is 5.65. The van der Waals surface area contributed by atoms with Crippen molar-refractivity contribution in [2.24, 2.45) is 0 Å². The number of nitrogens with one attached hydrogen (secondary N) is 1. The van der Waals surface area contributed by atoms with E-state index in [1.165, 1.54) is 0 Å². The third kappa shape index (κ3) is 3.01. The van der Waals surface area contributed by atoms with Gasteiger partial charge in [-0.2, -0.15) is 0 Å². The molecular formula is C16H14N2O3S. The van der Waals surface area contributed by atoms with E-state index in [-0.39, 0.29) is 10.8 Å². The Balaban J connectivity index is 1.84. The predicted molar refractivity (Wildman–Crippen MR) is 83.9 cm³/mol. The molecule has 2 aromatic carbocycles. The van der Waals surface area contributed by atoms with E-state index in [4.69, 9.17) is 4.52 Å². The fourth-order valence-electron chi connectivity index (χ4n) is 1.98. The van der Waals surface area contributed by atoms with E-state index in [0.29, 0.717) is 5.69 Å². The van der Waals surface area contributed by atoms with Gasteiger partial charge in [-0.05, 0) is 19.1 Å². The largest absolute Gasteiger partial charge is 0.337 e. The van der Waals surface area contributed by atoms with Crippen molar-refractivity contribution in [3.05, 3.63) is 66.2 Å². The highest BCUT2D eigenvalue weighted by atomic mass is 32.2. The van der Waals surface area contributed by atoms with Crippen LogP contribution in [0.2, 0.25) is 0 Å². The average Bonchev–Trinajstić information content (AvgIpc) is 2.96. The molecule has 0 saturated heterocycles. The molecule has 3 rings (SSSR count). The fourth-order valence-corrected chi connectivity index (χ4v) is 2.95. The number of benzene rings is 2. The summed E-state index contributed by atoms with van der Waals surface area (Å²) >= 11 is 0. The van der Waals surface area contributed by atoms with Gasteiger partial charge in [-0.15, -0.1) is 0 Å². The molecule has 3 aromatic rings. The van der Waals surface area contributed by atoms with Gasteiger partial charge in [0.15, 0.2) is 0 Å². The van der Waals surface area contributed by atoms with Crippen molar-refractivity contribution < 1.29 is 12.9 Å². The van der Waals surface area contributed by atoms with Gasteiger partial charge in [0.2, 0.25) is 5.88 Å². The summed E-state index contributed by atoms with van der Waals surface area (Å²) in [5.74, 6) is 0.0828. The zero-order chi connectivity index (χ0) is 15.6. The van der Waals surface area contributed by atoms with Crippen LogP contribution in [0.25, 0.3) is 11.3 Å². The molecule has 0 aliphatic heterocycles. The minimum atomic E-state index is -3.68. The first-order valence-corrected chi connectivity index (χ1v) is 8.14. The molecule has 6 heteroatoms. The summed E-state index contributed by atoms with van der Waals surface area (Å²) in [7, 11) is -3.68. The van der Waals surface area contributed by atoms with Gasteiger partial charge in [-0.1, -0.05) is 53.2 Å². The van der Waals surface area contributed by atoms with E-state index in [0.717, 1.165) is 11.1 Å². The van der Waals surface area contributed by atoms with E-state index in [9.17, 15) is 8.42 Å². The monoisotopic (exact) mass is 314 g/mol. The van der Waals surface area contributed by atoms with E-state index in [1.807, 2.05) is 37.3 Å². The van der Waals surface area contributed by atoms with Crippen molar-refractivity contribution in [2.75, 3.05) is 4.72 Å². The Bertz CT molecular complexity index is 869. The maximum absolute atomic E-state index is 12.3. The zero-order valence-electron chi connectivity index (χ0n) is 11.9. The molecule has 0 radical (unpaired) electrons. The van der Waals surface area contributed by atoms with Gasteiger partial charge in [0.05, 0.1) is 4.90 Å². The third-order valence-corrected chi connectivity index (χ3v) is 4.51. The van der Waals surface area contributed by atoms with Crippen LogP contribution in [0, 0.1) is 6.92 Å². The standard InChI is InChI=1S/C16H14N2O3S/c1-12-7-9-14(10-8-12)22(19,20)18-16-11-15(17-21-16)13-5-3-2-4-6-13/h2-11,18H,1H3. The van der Waals surface area contributed by atoms with Gasteiger partial charge < -0.3 is 4.52 Å². The summed E-state index contributed by atoms with van der Waals surface area (Å²) in [4.78, 5) is 0.177. The highest BCUT2D eigenvalue weighted by Gasteiger charge is 2.17. The molecule has 1 N–H and O–H groups in total. The van der Waals surface area contributed by atoms with Crippen LogP contribution in [0.15, 0.2) is 70.1 Å². The lowest BCUT2D eigenvalue weighted by atomic mass is 10.2. The predicted octanol–water partition coefficient (Wildman–Crippen LogP) is 3.45. The quantitative estimate of drug-likeness (QED) is 0.800. The first kappa shape index (κ1) is 14.3. The Hall–Kier alpha value is -2.60. The van der Waals surface area contributed by atoms with Crippen LogP contribution in [0.4, 0.5) is 5.88 Å². The molecule has 0 amide bonds. The van der Waals surface area contributed by atoms with Crippen LogP contribution in [0.1, 0.15) is 5.56 Å². The molecule has 0 atom stereocenters. The van der Waals surface area contributed by atoms with Gasteiger partial charge in [0.1, 0.15) is 5.69 Å². The Morgan fingerprint density at radius 3 is 2.36 bits per heavy atom. The number of sulfonamides is 1. The molecule has 0 spiro atoms. The van der Waals surface area contributed by atoms with Crippen molar-refractivity contribution in [3.8, 4) is 11.3 Å². The zero-order valence-corrected chi connectivity index (χ0v) is 12.7. The maximum atomic E-state index is 12.3. The molecule has 0 aliphatic carbocycles. The Kier molecular flexibility index (Phi) is 3.68. The molecule has 1 aromatic heterocycles. The van der Waals surface area contributed by atoms with Gasteiger partial charge in [0, 0.05) is 11.6 Å². The second-order valence-corrected chi connectivity index (χ2v) is 6.54. The molecule has 0 fully saturated rings. The molecule has 112 valence electrons. The minimum Gasteiger partial charge on any atom is -0.337 e. The lowest BCUT2D eigenvalue weighted by molar-refractivity contribution is 0.438. The van der Waals surface area contributed by atoms with Crippen molar-refractivity contribution >= 4 is 15.9 Å². The number of aryl methyl sites for hydroxylation is 1. The normalized spacial score (nSPS) is 11.3. The van der Waals surface area contributed by atoms with E-state index in [2.05, 4.69) is 9.88 Å². The van der Waals surface area contributed by atoms with E-state index in [1.54, 1.807) is 30.3 Å². The van der Waals surface area contributed by atoms with Crippen LogP contribution in [0.5, 0.6) is 0 Å². The maximum Gasteiger partial charge on any atom is 0.264 e. The highest BCUT2D eigenvalue weighted by molar-refractivity contribution is 7.92. The number of hydrogen-bond acceptors (Lipinski definition) is 4. The summed E-state index contributed by atoms with van der Waals surface area (Å²) in [6.07, 6.45) is 0. The van der Waals surface area contributed by atoms with Crippen molar-refractivity contribution in [1.82, 2.24) is 5.16 Å². The first-order valence-electron chi connectivity index (χ1n) is 6.66. The fraction of sp³-hybridized carbons (Fsp3) is 0.0625. The molecule has 5 nitrogen and oxygen atoms in total. The number of anilines is 1. The van der Waals surface area contributed by atoms with Gasteiger partial charge >= 0.3 is 0 Å². The van der Waals surface area contributed by atoms with Crippen LogP contribution < -0.4 is 4.72 Å². The first-order chi connectivity index (χ1) is 10.5. The molecule has 0 saturated carbocycles. The van der Waals surface area contributed by atoms with Crippen molar-refractivity contribution in [3.63, 3.8) is 0 Å². The van der Waals surface area contributed by atoms with Crippen LogP contribution >= 0.6 is 0 Å². The van der Waals surface area contributed by atoms with Crippen LogP contribution in [-0.4, -0.2) is 13.6 Å². The summed E-state index contributed by atoms with van der Waals surface area (Å²) < 4.78 is 32.0. The SMILES string of the molecule is Cc1ccc(S(=O)(=O)Nc2cc(-c3ccccc3)no2)cc1. The smallest absolute Gasteiger partial charge is 0.264 e. The lowest BCUT2D eigenvalue weighted by Gasteiger charge is -2.04.